The average Bonchev–Trinajstić information content (AvgIpc) is 2.79. The van der Waals surface area contributed by atoms with Crippen LogP contribution >= 0.6 is 0 Å². The first-order valence-electron chi connectivity index (χ1n) is 11.4. The Bertz CT molecular complexity index is 1450. The second kappa shape index (κ2) is 9.03. The van der Waals surface area contributed by atoms with Crippen molar-refractivity contribution in [2.75, 3.05) is 0 Å². The van der Waals surface area contributed by atoms with Gasteiger partial charge in [-0.1, -0.05) is 18.6 Å². The number of aromatic nitrogens is 1. The van der Waals surface area contributed by atoms with Gasteiger partial charge < -0.3 is 15.0 Å². The number of carbonyl (C=O) groups excluding carboxylic acids is 2. The van der Waals surface area contributed by atoms with Gasteiger partial charge in [-0.25, -0.2) is 18.0 Å². The van der Waals surface area contributed by atoms with Gasteiger partial charge in [0.05, 0.1) is 11.1 Å². The Labute approximate surface area is 200 Å². The average molecular weight is 506 g/mol. The van der Waals surface area contributed by atoms with Crippen LogP contribution < -0.4 is 15.6 Å². The summed E-state index contributed by atoms with van der Waals surface area (Å²) in [6, 6.07) is 4.38. The van der Waals surface area contributed by atoms with E-state index in [9.17, 15) is 36.3 Å². The molecule has 2 fully saturated rings. The van der Waals surface area contributed by atoms with Gasteiger partial charge in [0.25, 0.3) is 11.5 Å². The molecule has 0 atom stereocenters. The number of carbonyl (C=O) groups is 2. The topological polar surface area (TPSA) is 88.3 Å². The highest BCUT2D eigenvalue weighted by molar-refractivity contribution is 6.08. The predicted molar refractivity (Wildman–Crippen MR) is 117 cm³/mol. The Balaban J connectivity index is 1.55. The van der Waals surface area contributed by atoms with Crippen LogP contribution in [-0.2, 0) is 0 Å². The number of rotatable bonds is 5. The minimum Gasteiger partial charge on any atom is -0.416 e. The van der Waals surface area contributed by atoms with Crippen molar-refractivity contribution in [1.82, 2.24) is 10.3 Å². The Morgan fingerprint density at radius 3 is 2.06 bits per heavy atom. The molecule has 2 saturated carbocycles. The number of halogens is 5. The second-order valence-electron chi connectivity index (χ2n) is 9.02. The fraction of sp³-hybridized carbons (Fsp3) is 0.320. The van der Waals surface area contributed by atoms with E-state index in [-0.39, 0.29) is 34.3 Å². The zero-order valence-corrected chi connectivity index (χ0v) is 18.7. The van der Waals surface area contributed by atoms with E-state index in [0.717, 1.165) is 50.2 Å². The van der Waals surface area contributed by atoms with Crippen LogP contribution in [0.1, 0.15) is 70.7 Å². The lowest BCUT2D eigenvalue weighted by Crippen LogP contribution is -2.40. The number of hydrogen-bond acceptors (Lipinski definition) is 4. The zero-order chi connectivity index (χ0) is 25.7. The predicted octanol–water partition coefficient (Wildman–Crippen LogP) is 4.99. The van der Waals surface area contributed by atoms with Crippen LogP contribution in [0.25, 0.3) is 10.9 Å². The van der Waals surface area contributed by atoms with Gasteiger partial charge in [0, 0.05) is 6.04 Å². The number of nitrogens with one attached hydrogen (secondary N) is 2. The van der Waals surface area contributed by atoms with Crippen LogP contribution in [0.3, 0.4) is 0 Å². The summed E-state index contributed by atoms with van der Waals surface area (Å²) in [6.07, 6.45) is 5.46. The standard InChI is InChI=1S/C25H19F5N2O4/c26-16-17(27)19(29)22(20(30)18(16)28)36-25(35)14-9-11-7-8-13(10-3-1-4-10)15(21(11)32-23(14)33)24(34)31-12-5-2-6-12/h7-10,12H,1-6H2,(H,31,34)(H,32,33). The van der Waals surface area contributed by atoms with Crippen molar-refractivity contribution in [2.45, 2.75) is 50.5 Å². The number of amides is 1. The number of H-pyrrole nitrogens is 1. The molecule has 6 nitrogen and oxygen atoms in total. The van der Waals surface area contributed by atoms with Crippen LogP contribution in [0.2, 0.25) is 0 Å². The molecule has 0 radical (unpaired) electrons. The van der Waals surface area contributed by atoms with Gasteiger partial charge >= 0.3 is 5.97 Å². The fourth-order valence-electron chi connectivity index (χ4n) is 4.38. The van der Waals surface area contributed by atoms with E-state index in [2.05, 4.69) is 15.0 Å². The maximum absolute atomic E-state index is 13.9. The maximum atomic E-state index is 13.9. The van der Waals surface area contributed by atoms with Crippen LogP contribution in [0.5, 0.6) is 5.75 Å². The first-order chi connectivity index (χ1) is 17.2. The normalized spacial score (nSPS) is 15.9. The smallest absolute Gasteiger partial charge is 0.349 e. The number of pyridine rings is 1. The SMILES string of the molecule is O=C(Oc1c(F)c(F)c(F)c(F)c1F)c1cc2ccc(C3CCC3)c(C(=O)NC3CCC3)c2[nH]c1=O. The maximum Gasteiger partial charge on any atom is 0.349 e. The third-order valence-electron chi connectivity index (χ3n) is 6.85. The van der Waals surface area contributed by atoms with Crippen molar-refractivity contribution >= 4 is 22.8 Å². The highest BCUT2D eigenvalue weighted by Gasteiger charge is 2.31. The summed E-state index contributed by atoms with van der Waals surface area (Å²) in [5, 5.41) is 3.20. The van der Waals surface area contributed by atoms with E-state index in [4.69, 9.17) is 0 Å². The monoisotopic (exact) mass is 506 g/mol. The quantitative estimate of drug-likeness (QED) is 0.168. The van der Waals surface area contributed by atoms with E-state index in [1.165, 1.54) is 0 Å². The molecule has 3 aromatic rings. The molecule has 2 aliphatic carbocycles. The summed E-state index contributed by atoms with van der Waals surface area (Å²) >= 11 is 0. The van der Waals surface area contributed by atoms with E-state index < -0.39 is 51.9 Å². The van der Waals surface area contributed by atoms with Gasteiger partial charge in [-0.05, 0) is 55.0 Å². The van der Waals surface area contributed by atoms with Gasteiger partial charge in [-0.2, -0.15) is 8.78 Å². The molecule has 2 aromatic carbocycles. The molecule has 2 aliphatic rings. The second-order valence-corrected chi connectivity index (χ2v) is 9.02. The van der Waals surface area contributed by atoms with Crippen molar-refractivity contribution in [2.24, 2.45) is 0 Å². The van der Waals surface area contributed by atoms with Crippen molar-refractivity contribution in [3.63, 3.8) is 0 Å². The van der Waals surface area contributed by atoms with E-state index in [1.54, 1.807) is 12.1 Å². The van der Waals surface area contributed by atoms with Gasteiger partial charge in [-0.15, -0.1) is 0 Å². The molecule has 0 bridgehead atoms. The van der Waals surface area contributed by atoms with Crippen molar-refractivity contribution in [1.29, 1.82) is 0 Å². The van der Waals surface area contributed by atoms with Gasteiger partial charge in [0.15, 0.2) is 0 Å². The summed E-state index contributed by atoms with van der Waals surface area (Å²) in [5.74, 6) is -15.4. The van der Waals surface area contributed by atoms with Crippen LogP contribution in [-0.4, -0.2) is 22.9 Å². The number of aromatic amines is 1. The summed E-state index contributed by atoms with van der Waals surface area (Å²) < 4.78 is 72.5. The highest BCUT2D eigenvalue weighted by atomic mass is 19.2. The Kier molecular flexibility index (Phi) is 6.01. The molecule has 1 aromatic heterocycles. The van der Waals surface area contributed by atoms with Crippen molar-refractivity contribution in [3.8, 4) is 5.75 Å². The lowest BCUT2D eigenvalue weighted by molar-refractivity contribution is 0.0714. The van der Waals surface area contributed by atoms with Crippen LogP contribution in [0, 0.1) is 29.1 Å². The third kappa shape index (κ3) is 3.92. The first kappa shape index (κ1) is 24.0. The molecule has 188 valence electrons. The lowest BCUT2D eigenvalue weighted by atomic mass is 9.77. The molecule has 1 amide bonds. The Hall–Kier alpha value is -3.76. The van der Waals surface area contributed by atoms with Crippen molar-refractivity contribution < 1.29 is 36.3 Å². The molecule has 1 heterocycles. The largest absolute Gasteiger partial charge is 0.416 e. The minimum atomic E-state index is -2.41. The summed E-state index contributed by atoms with van der Waals surface area (Å²) in [6.45, 7) is 0. The van der Waals surface area contributed by atoms with Crippen LogP contribution in [0.15, 0.2) is 23.0 Å². The number of benzene rings is 2. The summed E-state index contributed by atoms with van der Waals surface area (Å²) in [7, 11) is 0. The number of ether oxygens (including phenoxy) is 1. The molecule has 0 unspecified atom stereocenters. The summed E-state index contributed by atoms with van der Waals surface area (Å²) in [5.41, 5.74) is -0.583. The van der Waals surface area contributed by atoms with Crippen molar-refractivity contribution in [3.05, 3.63) is 74.3 Å². The van der Waals surface area contributed by atoms with Gasteiger partial charge in [-0.3, -0.25) is 9.59 Å². The Morgan fingerprint density at radius 1 is 0.889 bits per heavy atom. The van der Waals surface area contributed by atoms with E-state index in [1.807, 2.05) is 0 Å². The number of fused-ring (bicyclic) bond motifs is 1. The molecular formula is C25H19F5N2O4. The Morgan fingerprint density at radius 2 is 1.50 bits per heavy atom. The molecule has 0 spiro atoms. The summed E-state index contributed by atoms with van der Waals surface area (Å²) in [4.78, 5) is 40.9. The highest BCUT2D eigenvalue weighted by Crippen LogP contribution is 2.40. The molecule has 2 N–H and O–H groups in total. The molecule has 0 saturated heterocycles. The molecular weight excluding hydrogens is 487 g/mol. The molecule has 5 rings (SSSR count). The zero-order valence-electron chi connectivity index (χ0n) is 18.7. The first-order valence-corrected chi connectivity index (χ1v) is 11.4. The molecule has 0 aliphatic heterocycles. The van der Waals surface area contributed by atoms with Crippen LogP contribution in [0.4, 0.5) is 22.0 Å². The molecule has 36 heavy (non-hydrogen) atoms. The minimum absolute atomic E-state index is 0.0317. The fourth-order valence-corrected chi connectivity index (χ4v) is 4.38. The number of hydrogen-bond donors (Lipinski definition) is 2. The van der Waals surface area contributed by atoms with Gasteiger partial charge in [0.2, 0.25) is 34.8 Å². The lowest BCUT2D eigenvalue weighted by Gasteiger charge is -2.30. The third-order valence-corrected chi connectivity index (χ3v) is 6.85. The molecule has 11 heteroatoms. The van der Waals surface area contributed by atoms with E-state index >= 15 is 0 Å². The van der Waals surface area contributed by atoms with Gasteiger partial charge in [0.1, 0.15) is 5.56 Å². The number of esters is 1. The van der Waals surface area contributed by atoms with E-state index in [0.29, 0.717) is 0 Å².